The third-order valence-electron chi connectivity index (χ3n) is 9.49. The van der Waals surface area contributed by atoms with Crippen molar-refractivity contribution in [2.24, 2.45) is 0 Å². The number of hydrogen-bond donors (Lipinski definition) is 0. The highest BCUT2D eigenvalue weighted by Gasteiger charge is 2.48. The largest absolute Gasteiger partial charge is 0.237 e. The zero-order valence-corrected chi connectivity index (χ0v) is 25.7. The Balaban J connectivity index is 1.29. The fraction of sp³-hybridized carbons (Fsp3) is 0.0698. The van der Waals surface area contributed by atoms with Gasteiger partial charge in [-0.3, -0.25) is 0 Å². The zero-order chi connectivity index (χ0) is 31.2. The summed E-state index contributed by atoms with van der Waals surface area (Å²) < 4.78 is 0. The quantitative estimate of drug-likeness (QED) is 0.190. The molecule has 0 bridgehead atoms. The summed E-state index contributed by atoms with van der Waals surface area (Å²) in [6, 6.07) is 52.3. The van der Waals surface area contributed by atoms with Gasteiger partial charge in [-0.05, 0) is 82.6 Å². The van der Waals surface area contributed by atoms with E-state index >= 15 is 0 Å². The van der Waals surface area contributed by atoms with Crippen LogP contribution in [0.4, 0.5) is 0 Å². The molecule has 1 aliphatic carbocycles. The molecule has 9 rings (SSSR count). The standard InChI is InChI=1S/C43H30N4/c1-3-9-29(10-4-1)25-31-15-19-35(20-16-31)43(36-21-17-32(18-22-36)26-30-11-5-2-6-12-30)37-27-33-13-7-23-44-41(33)46-39(37)40-38(43)28-34-14-8-24-45-42(34)47-40/h1-24,27-28H,25-26H2. The second-order valence-electron chi connectivity index (χ2n) is 12.3. The average Bonchev–Trinajstić information content (AvgIpc) is 3.40. The first-order valence-electron chi connectivity index (χ1n) is 16.1. The molecule has 0 unspecified atom stereocenters. The molecule has 0 aliphatic heterocycles. The van der Waals surface area contributed by atoms with Crippen LogP contribution in [0.5, 0.6) is 0 Å². The smallest absolute Gasteiger partial charge is 0.159 e. The number of aromatic nitrogens is 4. The van der Waals surface area contributed by atoms with Gasteiger partial charge in [-0.1, -0.05) is 109 Å². The number of nitrogens with zero attached hydrogens (tertiary/aromatic N) is 4. The molecule has 222 valence electrons. The topological polar surface area (TPSA) is 51.6 Å². The zero-order valence-electron chi connectivity index (χ0n) is 25.7. The molecule has 0 fully saturated rings. The van der Waals surface area contributed by atoms with Crippen LogP contribution in [0.25, 0.3) is 33.5 Å². The lowest BCUT2D eigenvalue weighted by Crippen LogP contribution is -2.29. The second kappa shape index (κ2) is 11.1. The minimum atomic E-state index is -0.644. The van der Waals surface area contributed by atoms with Crippen LogP contribution in [0.15, 0.2) is 158 Å². The van der Waals surface area contributed by atoms with Crippen molar-refractivity contribution in [3.05, 3.63) is 202 Å². The highest BCUT2D eigenvalue weighted by Crippen LogP contribution is 2.56. The SMILES string of the molecule is c1ccc(Cc2ccc(C3(c4ccc(Cc5ccccc5)cc4)c4cc5cccnc5nc4-c4nc5ncccc5cc43)cc2)cc1. The van der Waals surface area contributed by atoms with Crippen LogP contribution in [0.2, 0.25) is 0 Å². The van der Waals surface area contributed by atoms with Crippen LogP contribution in [0.1, 0.15) is 44.5 Å². The van der Waals surface area contributed by atoms with Crippen molar-refractivity contribution in [3.63, 3.8) is 0 Å². The van der Waals surface area contributed by atoms with E-state index in [0.29, 0.717) is 11.3 Å². The van der Waals surface area contributed by atoms with E-state index in [1.165, 1.54) is 33.4 Å². The Morgan fingerprint density at radius 2 is 0.809 bits per heavy atom. The minimum Gasteiger partial charge on any atom is -0.237 e. The second-order valence-corrected chi connectivity index (χ2v) is 12.3. The minimum absolute atomic E-state index is 0.644. The van der Waals surface area contributed by atoms with Gasteiger partial charge in [0.2, 0.25) is 0 Å². The first kappa shape index (κ1) is 27.3. The normalized spacial score (nSPS) is 13.0. The van der Waals surface area contributed by atoms with E-state index in [2.05, 4.69) is 143 Å². The Kier molecular flexibility index (Phi) is 6.46. The third kappa shape index (κ3) is 4.60. The summed E-state index contributed by atoms with van der Waals surface area (Å²) in [4.78, 5) is 19.7. The molecule has 4 nitrogen and oxygen atoms in total. The molecule has 1 aliphatic rings. The van der Waals surface area contributed by atoms with Crippen LogP contribution in [0, 0.1) is 0 Å². The number of fused-ring (bicyclic) bond motifs is 5. The average molecular weight is 603 g/mol. The number of rotatable bonds is 6. The van der Waals surface area contributed by atoms with Crippen LogP contribution in [0.3, 0.4) is 0 Å². The summed E-state index contributed by atoms with van der Waals surface area (Å²) in [6.07, 6.45) is 5.37. The molecule has 4 heteroatoms. The molecule has 0 atom stereocenters. The summed E-state index contributed by atoms with van der Waals surface area (Å²) in [5.41, 5.74) is 12.2. The lowest BCUT2D eigenvalue weighted by atomic mass is 9.67. The molecule has 0 N–H and O–H groups in total. The van der Waals surface area contributed by atoms with Gasteiger partial charge in [0.1, 0.15) is 0 Å². The fourth-order valence-corrected chi connectivity index (χ4v) is 7.29. The van der Waals surface area contributed by atoms with Gasteiger partial charge in [-0.2, -0.15) is 0 Å². The Labute approximate surface area is 273 Å². The lowest BCUT2D eigenvalue weighted by molar-refractivity contribution is 0.766. The predicted molar refractivity (Wildman–Crippen MR) is 188 cm³/mol. The molecule has 4 aromatic carbocycles. The Morgan fingerprint density at radius 1 is 0.404 bits per heavy atom. The first-order valence-corrected chi connectivity index (χ1v) is 16.1. The van der Waals surface area contributed by atoms with Gasteiger partial charge in [-0.15, -0.1) is 0 Å². The molecule has 4 heterocycles. The van der Waals surface area contributed by atoms with Crippen LogP contribution >= 0.6 is 0 Å². The number of benzene rings is 4. The predicted octanol–water partition coefficient (Wildman–Crippen LogP) is 9.12. The van der Waals surface area contributed by atoms with E-state index in [9.17, 15) is 0 Å². The Bertz CT molecular complexity index is 2210. The Morgan fingerprint density at radius 3 is 1.23 bits per heavy atom. The molecule has 0 saturated heterocycles. The van der Waals surface area contributed by atoms with Gasteiger partial charge in [0.15, 0.2) is 11.3 Å². The van der Waals surface area contributed by atoms with Crippen molar-refractivity contribution in [2.45, 2.75) is 18.3 Å². The lowest BCUT2D eigenvalue weighted by Gasteiger charge is -2.33. The van der Waals surface area contributed by atoms with E-state index in [0.717, 1.165) is 46.1 Å². The van der Waals surface area contributed by atoms with Crippen molar-refractivity contribution >= 4 is 22.1 Å². The van der Waals surface area contributed by atoms with Gasteiger partial charge in [0.25, 0.3) is 0 Å². The highest BCUT2D eigenvalue weighted by atomic mass is 14.9. The first-order chi connectivity index (χ1) is 23.3. The summed E-state index contributed by atoms with van der Waals surface area (Å²) in [6.45, 7) is 0. The van der Waals surface area contributed by atoms with Crippen LogP contribution in [-0.4, -0.2) is 19.9 Å². The van der Waals surface area contributed by atoms with Crippen molar-refractivity contribution in [1.29, 1.82) is 0 Å². The van der Waals surface area contributed by atoms with Gasteiger partial charge in [-0.25, -0.2) is 19.9 Å². The van der Waals surface area contributed by atoms with E-state index in [4.69, 9.17) is 9.97 Å². The Hall–Kier alpha value is -6.00. The molecular weight excluding hydrogens is 573 g/mol. The maximum atomic E-state index is 5.20. The maximum absolute atomic E-state index is 5.20. The fourth-order valence-electron chi connectivity index (χ4n) is 7.29. The van der Waals surface area contributed by atoms with E-state index < -0.39 is 5.41 Å². The van der Waals surface area contributed by atoms with Crippen molar-refractivity contribution in [2.75, 3.05) is 0 Å². The summed E-state index contributed by atoms with van der Waals surface area (Å²) >= 11 is 0. The third-order valence-corrected chi connectivity index (χ3v) is 9.49. The van der Waals surface area contributed by atoms with Gasteiger partial charge in [0, 0.05) is 34.3 Å². The highest BCUT2D eigenvalue weighted by molar-refractivity contribution is 5.92. The van der Waals surface area contributed by atoms with Crippen LogP contribution < -0.4 is 0 Å². The summed E-state index contributed by atoms with van der Waals surface area (Å²) in [7, 11) is 0. The van der Waals surface area contributed by atoms with E-state index in [1.807, 2.05) is 12.1 Å². The van der Waals surface area contributed by atoms with Crippen molar-refractivity contribution in [1.82, 2.24) is 19.9 Å². The molecule has 0 saturated carbocycles. The maximum Gasteiger partial charge on any atom is 0.159 e. The van der Waals surface area contributed by atoms with Gasteiger partial charge in [0.05, 0.1) is 16.8 Å². The molecule has 47 heavy (non-hydrogen) atoms. The molecule has 0 spiro atoms. The molecule has 4 aromatic heterocycles. The summed E-state index contributed by atoms with van der Waals surface area (Å²) in [5, 5.41) is 2.01. The monoisotopic (exact) mass is 602 g/mol. The van der Waals surface area contributed by atoms with Crippen molar-refractivity contribution in [3.8, 4) is 11.4 Å². The number of pyridine rings is 4. The summed E-state index contributed by atoms with van der Waals surface area (Å²) in [5.74, 6) is 0. The van der Waals surface area contributed by atoms with Gasteiger partial charge < -0.3 is 0 Å². The van der Waals surface area contributed by atoms with E-state index in [-0.39, 0.29) is 0 Å². The van der Waals surface area contributed by atoms with Gasteiger partial charge >= 0.3 is 0 Å². The van der Waals surface area contributed by atoms with E-state index in [1.54, 1.807) is 12.4 Å². The van der Waals surface area contributed by atoms with Crippen molar-refractivity contribution < 1.29 is 0 Å². The molecule has 0 amide bonds. The number of hydrogen-bond acceptors (Lipinski definition) is 4. The van der Waals surface area contributed by atoms with Crippen LogP contribution in [-0.2, 0) is 18.3 Å². The molecular formula is C43H30N4. The molecule has 8 aromatic rings. The molecule has 0 radical (unpaired) electrons.